The maximum absolute atomic E-state index is 12.4. The number of aryl methyl sites for hydroxylation is 1. The third kappa shape index (κ3) is 4.12. The predicted octanol–water partition coefficient (Wildman–Crippen LogP) is 1.28. The normalized spacial score (nSPS) is 15.1. The Labute approximate surface area is 125 Å². The molecule has 4 N–H and O–H groups in total. The lowest BCUT2D eigenvalue weighted by Gasteiger charge is -2.23. The third-order valence-corrected chi connectivity index (χ3v) is 5.61. The Morgan fingerprint density at radius 1 is 1.40 bits per heavy atom. The first-order chi connectivity index (χ1) is 9.10. The number of hydrogen-bond acceptors (Lipinski definition) is 5. The van der Waals surface area contributed by atoms with Gasteiger partial charge in [0.05, 0.1) is 10.5 Å². The monoisotopic (exact) mass is 318 g/mol. The van der Waals surface area contributed by atoms with Crippen LogP contribution < -0.4 is 10.5 Å². The van der Waals surface area contributed by atoms with Gasteiger partial charge in [0.1, 0.15) is 0 Å². The summed E-state index contributed by atoms with van der Waals surface area (Å²) in [6, 6.07) is 3.37. The van der Waals surface area contributed by atoms with Crippen LogP contribution in [0.15, 0.2) is 17.0 Å². The fourth-order valence-corrected chi connectivity index (χ4v) is 4.32. The average Bonchev–Trinajstić information content (AvgIpc) is 2.32. The van der Waals surface area contributed by atoms with Crippen LogP contribution in [0.3, 0.4) is 0 Å². The number of hydrogen-bond donors (Lipinski definition) is 3. The van der Waals surface area contributed by atoms with Gasteiger partial charge >= 0.3 is 0 Å². The molecule has 0 saturated carbocycles. The van der Waals surface area contributed by atoms with Crippen molar-refractivity contribution in [3.05, 3.63) is 23.3 Å². The van der Waals surface area contributed by atoms with E-state index in [2.05, 4.69) is 4.72 Å². The quantitative estimate of drug-likeness (QED) is 0.687. The average molecular weight is 318 g/mol. The van der Waals surface area contributed by atoms with E-state index in [1.54, 1.807) is 32.9 Å². The molecule has 0 fully saturated rings. The predicted molar refractivity (Wildman–Crippen MR) is 84.5 cm³/mol. The molecular formula is C13H22N2O3S2. The van der Waals surface area contributed by atoms with Gasteiger partial charge in [0.15, 0.2) is 0 Å². The fourth-order valence-electron chi connectivity index (χ4n) is 1.94. The van der Waals surface area contributed by atoms with Gasteiger partial charge in [-0.1, -0.05) is 6.07 Å². The molecular weight excluding hydrogens is 296 g/mol. The smallest absolute Gasteiger partial charge is 0.241 e. The Morgan fingerprint density at radius 3 is 2.55 bits per heavy atom. The van der Waals surface area contributed by atoms with E-state index in [0.717, 1.165) is 0 Å². The zero-order valence-electron chi connectivity index (χ0n) is 12.2. The molecule has 0 bridgehead atoms. The molecule has 7 heteroatoms. The van der Waals surface area contributed by atoms with Gasteiger partial charge in [-0.2, -0.15) is 11.8 Å². The van der Waals surface area contributed by atoms with Crippen LogP contribution in [0.2, 0.25) is 0 Å². The third-order valence-electron chi connectivity index (χ3n) is 3.01. The lowest BCUT2D eigenvalue weighted by molar-refractivity contribution is 0.0908. The summed E-state index contributed by atoms with van der Waals surface area (Å²) in [7, 11) is -3.69. The van der Waals surface area contributed by atoms with E-state index < -0.39 is 15.6 Å². The first-order valence-corrected chi connectivity index (χ1v) is 9.05. The van der Waals surface area contributed by atoms with Gasteiger partial charge in [-0.15, -0.1) is 0 Å². The molecule has 0 saturated heterocycles. The van der Waals surface area contributed by atoms with Crippen LogP contribution in [-0.4, -0.2) is 37.7 Å². The number of benzene rings is 1. The van der Waals surface area contributed by atoms with Gasteiger partial charge in [0, 0.05) is 18.0 Å². The van der Waals surface area contributed by atoms with Gasteiger partial charge in [-0.25, -0.2) is 13.1 Å². The Morgan fingerprint density at radius 2 is 2.00 bits per heavy atom. The summed E-state index contributed by atoms with van der Waals surface area (Å²) in [4.78, 5) is 0.192. The number of thioether (sulfide) groups is 1. The topological polar surface area (TPSA) is 92.4 Å². The number of anilines is 1. The molecule has 1 unspecified atom stereocenters. The Balaban J connectivity index is 3.04. The largest absolute Gasteiger partial charge is 0.398 e. The van der Waals surface area contributed by atoms with Gasteiger partial charge in [-0.3, -0.25) is 0 Å². The lowest BCUT2D eigenvalue weighted by atomic mass is 10.1. The van der Waals surface area contributed by atoms with Gasteiger partial charge in [0.25, 0.3) is 0 Å². The molecule has 0 aromatic heterocycles. The highest BCUT2D eigenvalue weighted by atomic mass is 32.2. The summed E-state index contributed by atoms with van der Waals surface area (Å²) in [5.41, 5.74) is 6.28. The second kappa shape index (κ2) is 6.34. The van der Waals surface area contributed by atoms with E-state index in [9.17, 15) is 13.5 Å². The number of nitrogens with two attached hydrogens (primary N) is 1. The molecule has 1 aromatic carbocycles. The van der Waals surface area contributed by atoms with Crippen molar-refractivity contribution in [3.8, 4) is 0 Å². The maximum Gasteiger partial charge on any atom is 0.241 e. The van der Waals surface area contributed by atoms with Crippen molar-refractivity contribution in [1.82, 2.24) is 4.72 Å². The first-order valence-electron chi connectivity index (χ1n) is 6.17. The van der Waals surface area contributed by atoms with Crippen LogP contribution in [0.1, 0.15) is 18.1 Å². The highest BCUT2D eigenvalue weighted by molar-refractivity contribution is 7.98. The van der Waals surface area contributed by atoms with Crippen molar-refractivity contribution in [1.29, 1.82) is 0 Å². The van der Waals surface area contributed by atoms with Gasteiger partial charge in [-0.05, 0) is 44.2 Å². The first kappa shape index (κ1) is 17.3. The standard InChI is InChI=1S/C13H22N2O3S2/c1-9-5-6-11(14)10(2)12(9)20(17,18)15-7-13(3,16)8-19-4/h5-6,15-16H,7-8,14H2,1-4H3. The van der Waals surface area contributed by atoms with E-state index in [0.29, 0.717) is 22.6 Å². The van der Waals surface area contributed by atoms with Crippen LogP contribution in [0.4, 0.5) is 5.69 Å². The molecule has 0 aliphatic heterocycles. The van der Waals surface area contributed by atoms with E-state index in [-0.39, 0.29) is 11.4 Å². The fraction of sp³-hybridized carbons (Fsp3) is 0.538. The van der Waals surface area contributed by atoms with E-state index in [1.165, 1.54) is 11.8 Å². The SMILES string of the molecule is CSCC(C)(O)CNS(=O)(=O)c1c(C)ccc(N)c1C. The molecule has 0 radical (unpaired) electrons. The summed E-state index contributed by atoms with van der Waals surface area (Å²) in [6.45, 7) is 4.97. The number of sulfonamides is 1. The molecule has 1 aromatic rings. The highest BCUT2D eigenvalue weighted by Gasteiger charge is 2.26. The van der Waals surface area contributed by atoms with Gasteiger partial charge in [0.2, 0.25) is 10.0 Å². The second-order valence-corrected chi connectivity index (χ2v) is 7.75. The highest BCUT2D eigenvalue weighted by Crippen LogP contribution is 2.24. The Hall–Kier alpha value is -0.760. The molecule has 0 aliphatic carbocycles. The van der Waals surface area contributed by atoms with Crippen molar-refractivity contribution < 1.29 is 13.5 Å². The van der Waals surface area contributed by atoms with Crippen molar-refractivity contribution in [3.63, 3.8) is 0 Å². The minimum atomic E-state index is -3.69. The zero-order valence-corrected chi connectivity index (χ0v) is 13.9. The Bertz CT molecular complexity index is 584. The van der Waals surface area contributed by atoms with Crippen molar-refractivity contribution in [2.45, 2.75) is 31.3 Å². The van der Waals surface area contributed by atoms with Crippen LogP contribution in [0, 0.1) is 13.8 Å². The molecule has 0 aliphatic rings. The molecule has 114 valence electrons. The van der Waals surface area contributed by atoms with Crippen LogP contribution in [0.25, 0.3) is 0 Å². The minimum Gasteiger partial charge on any atom is -0.398 e. The molecule has 20 heavy (non-hydrogen) atoms. The number of nitrogen functional groups attached to an aromatic ring is 1. The van der Waals surface area contributed by atoms with Gasteiger partial charge < -0.3 is 10.8 Å². The van der Waals surface area contributed by atoms with Crippen LogP contribution in [0.5, 0.6) is 0 Å². The number of nitrogens with one attached hydrogen (secondary N) is 1. The molecule has 0 heterocycles. The lowest BCUT2D eigenvalue weighted by Crippen LogP contribution is -2.42. The summed E-state index contributed by atoms with van der Waals surface area (Å²) < 4.78 is 27.2. The van der Waals surface area contributed by atoms with E-state index in [1.807, 2.05) is 6.26 Å². The van der Waals surface area contributed by atoms with E-state index >= 15 is 0 Å². The van der Waals surface area contributed by atoms with Crippen molar-refractivity contribution in [2.75, 3.05) is 24.3 Å². The zero-order chi connectivity index (χ0) is 15.6. The van der Waals surface area contributed by atoms with E-state index in [4.69, 9.17) is 5.73 Å². The summed E-state index contributed by atoms with van der Waals surface area (Å²) in [5, 5.41) is 10.0. The molecule has 1 atom stereocenters. The summed E-state index contributed by atoms with van der Waals surface area (Å²) >= 11 is 1.46. The molecule has 5 nitrogen and oxygen atoms in total. The van der Waals surface area contributed by atoms with Crippen LogP contribution >= 0.6 is 11.8 Å². The van der Waals surface area contributed by atoms with Crippen molar-refractivity contribution >= 4 is 27.5 Å². The number of aliphatic hydroxyl groups is 1. The Kier molecular flexibility index (Phi) is 5.48. The summed E-state index contributed by atoms with van der Waals surface area (Å²) in [5.74, 6) is 0.449. The number of rotatable bonds is 6. The van der Waals surface area contributed by atoms with Crippen LogP contribution in [-0.2, 0) is 10.0 Å². The molecule has 1 rings (SSSR count). The minimum absolute atomic E-state index is 0.0378. The maximum atomic E-state index is 12.4. The van der Waals surface area contributed by atoms with Crippen molar-refractivity contribution in [2.24, 2.45) is 0 Å². The second-order valence-electron chi connectivity index (χ2n) is 5.18. The molecule has 0 amide bonds. The summed E-state index contributed by atoms with van der Waals surface area (Å²) in [6.07, 6.45) is 1.86. The molecule has 0 spiro atoms.